The molecule has 134 valence electrons. The molecular formula is C18H22N2O4S. The molecule has 0 spiro atoms. The van der Waals surface area contributed by atoms with Gasteiger partial charge >= 0.3 is 5.97 Å². The molecule has 1 amide bonds. The van der Waals surface area contributed by atoms with Crippen LogP contribution in [0.3, 0.4) is 0 Å². The third-order valence-corrected chi connectivity index (χ3v) is 4.37. The van der Waals surface area contributed by atoms with Gasteiger partial charge in [0.05, 0.1) is 20.3 Å². The molecule has 0 radical (unpaired) electrons. The van der Waals surface area contributed by atoms with Gasteiger partial charge in [-0.25, -0.2) is 9.78 Å². The van der Waals surface area contributed by atoms with E-state index in [1.54, 1.807) is 10.3 Å². The Bertz CT molecular complexity index is 700. The van der Waals surface area contributed by atoms with E-state index in [1.165, 1.54) is 18.4 Å². The Morgan fingerprint density at radius 1 is 1.24 bits per heavy atom. The number of thiazole rings is 1. The summed E-state index contributed by atoms with van der Waals surface area (Å²) in [5.41, 5.74) is 1.29. The maximum atomic E-state index is 12.5. The van der Waals surface area contributed by atoms with Crippen LogP contribution in [0.1, 0.15) is 34.9 Å². The van der Waals surface area contributed by atoms with Gasteiger partial charge in [0, 0.05) is 11.4 Å². The Labute approximate surface area is 151 Å². The fraction of sp³-hybridized carbons (Fsp3) is 0.389. The Kier molecular flexibility index (Phi) is 7.09. The highest BCUT2D eigenvalue weighted by molar-refractivity contribution is 7.09. The van der Waals surface area contributed by atoms with E-state index in [2.05, 4.69) is 9.72 Å². The number of amides is 1. The summed E-state index contributed by atoms with van der Waals surface area (Å²) in [6.45, 7) is 4.60. The summed E-state index contributed by atoms with van der Waals surface area (Å²) in [6, 6.07) is 9.71. The minimum Gasteiger partial charge on any atom is -0.464 e. The molecule has 1 aromatic heterocycles. The van der Waals surface area contributed by atoms with Gasteiger partial charge in [-0.15, -0.1) is 11.3 Å². The molecule has 7 heteroatoms. The fourth-order valence-electron chi connectivity index (χ4n) is 2.20. The van der Waals surface area contributed by atoms with Gasteiger partial charge in [0.25, 0.3) is 0 Å². The highest BCUT2D eigenvalue weighted by Gasteiger charge is 2.20. The molecular weight excluding hydrogens is 340 g/mol. The van der Waals surface area contributed by atoms with Gasteiger partial charge < -0.3 is 14.4 Å². The minimum atomic E-state index is -0.476. The number of benzene rings is 1. The van der Waals surface area contributed by atoms with Crippen LogP contribution >= 0.6 is 11.3 Å². The largest absolute Gasteiger partial charge is 0.464 e. The van der Waals surface area contributed by atoms with Crippen LogP contribution in [-0.2, 0) is 27.4 Å². The van der Waals surface area contributed by atoms with Crippen molar-refractivity contribution in [1.29, 1.82) is 0 Å². The molecule has 6 nitrogen and oxygen atoms in total. The molecule has 0 aliphatic heterocycles. The van der Waals surface area contributed by atoms with Crippen molar-refractivity contribution in [3.63, 3.8) is 0 Å². The van der Waals surface area contributed by atoms with Crippen LogP contribution < -0.4 is 0 Å². The zero-order valence-corrected chi connectivity index (χ0v) is 15.4. The topological polar surface area (TPSA) is 68.7 Å². The van der Waals surface area contributed by atoms with Crippen LogP contribution in [0.5, 0.6) is 0 Å². The third kappa shape index (κ3) is 5.65. The van der Waals surface area contributed by atoms with E-state index in [9.17, 15) is 9.59 Å². The Hall–Kier alpha value is -2.25. The summed E-state index contributed by atoms with van der Waals surface area (Å²) in [5.74, 6) is -0.586. The number of hydrogen-bond donors (Lipinski definition) is 0. The Morgan fingerprint density at radius 3 is 2.60 bits per heavy atom. The average molecular weight is 362 g/mol. The lowest BCUT2D eigenvalue weighted by Gasteiger charge is -2.25. The summed E-state index contributed by atoms with van der Waals surface area (Å²) >= 11 is 1.33. The molecule has 2 rings (SSSR count). The van der Waals surface area contributed by atoms with Crippen molar-refractivity contribution < 1.29 is 19.1 Å². The van der Waals surface area contributed by atoms with E-state index >= 15 is 0 Å². The van der Waals surface area contributed by atoms with Crippen molar-refractivity contribution in [3.05, 3.63) is 52.0 Å². The minimum absolute atomic E-state index is 0.00157. The number of hydrogen-bond acceptors (Lipinski definition) is 6. The second kappa shape index (κ2) is 9.29. The fourth-order valence-corrected chi connectivity index (χ4v) is 2.96. The predicted molar refractivity (Wildman–Crippen MR) is 95.2 cm³/mol. The molecule has 0 aliphatic carbocycles. The van der Waals surface area contributed by atoms with E-state index in [0.29, 0.717) is 18.2 Å². The first-order valence-corrected chi connectivity index (χ1v) is 8.83. The van der Waals surface area contributed by atoms with Crippen LogP contribution in [0.25, 0.3) is 0 Å². The zero-order chi connectivity index (χ0) is 18.2. The SMILES string of the molecule is COC(=O)c1csc(CN(C(=O)COCc2ccccc2)C(C)C)n1. The third-order valence-electron chi connectivity index (χ3n) is 3.53. The van der Waals surface area contributed by atoms with Gasteiger partial charge in [0.1, 0.15) is 11.6 Å². The number of carbonyl (C=O) groups excluding carboxylic acids is 2. The van der Waals surface area contributed by atoms with Crippen LogP contribution in [0, 0.1) is 0 Å². The summed E-state index contributed by atoms with van der Waals surface area (Å²) in [4.78, 5) is 29.8. The smallest absolute Gasteiger partial charge is 0.357 e. The van der Waals surface area contributed by atoms with Crippen molar-refractivity contribution in [2.24, 2.45) is 0 Å². The van der Waals surface area contributed by atoms with E-state index in [0.717, 1.165) is 5.56 Å². The number of rotatable bonds is 8. The summed E-state index contributed by atoms with van der Waals surface area (Å²) < 4.78 is 10.2. The van der Waals surface area contributed by atoms with E-state index in [4.69, 9.17) is 4.74 Å². The Balaban J connectivity index is 1.91. The first kappa shape index (κ1) is 19.1. The van der Waals surface area contributed by atoms with E-state index in [-0.39, 0.29) is 24.2 Å². The average Bonchev–Trinajstić information content (AvgIpc) is 3.08. The lowest BCUT2D eigenvalue weighted by Crippen LogP contribution is -2.38. The zero-order valence-electron chi connectivity index (χ0n) is 14.6. The molecule has 0 fully saturated rings. The number of carbonyl (C=O) groups is 2. The molecule has 0 N–H and O–H groups in total. The molecule has 0 atom stereocenters. The van der Waals surface area contributed by atoms with Gasteiger partial charge in [0.2, 0.25) is 5.91 Å². The second-order valence-electron chi connectivity index (χ2n) is 5.71. The molecule has 1 aromatic carbocycles. The normalized spacial score (nSPS) is 10.7. The quantitative estimate of drug-likeness (QED) is 0.676. The maximum absolute atomic E-state index is 12.5. The molecule has 1 heterocycles. The van der Waals surface area contributed by atoms with Gasteiger partial charge in [-0.1, -0.05) is 30.3 Å². The van der Waals surface area contributed by atoms with Crippen molar-refractivity contribution in [3.8, 4) is 0 Å². The van der Waals surface area contributed by atoms with Gasteiger partial charge in [-0.05, 0) is 19.4 Å². The number of nitrogens with zero attached hydrogens (tertiary/aromatic N) is 2. The van der Waals surface area contributed by atoms with Crippen LogP contribution in [0.4, 0.5) is 0 Å². The van der Waals surface area contributed by atoms with Crippen molar-refractivity contribution in [2.75, 3.05) is 13.7 Å². The molecule has 0 aliphatic rings. The van der Waals surface area contributed by atoms with Crippen molar-refractivity contribution in [1.82, 2.24) is 9.88 Å². The van der Waals surface area contributed by atoms with Gasteiger partial charge in [-0.2, -0.15) is 0 Å². The standard InChI is InChI=1S/C18H22N2O4S/c1-13(2)20(9-16-19-15(12-25-16)18(22)23-3)17(21)11-24-10-14-7-5-4-6-8-14/h4-8,12-13H,9-11H2,1-3H3. The summed E-state index contributed by atoms with van der Waals surface area (Å²) in [6.07, 6.45) is 0. The van der Waals surface area contributed by atoms with Crippen LogP contribution in [0.15, 0.2) is 35.7 Å². The van der Waals surface area contributed by atoms with Crippen molar-refractivity contribution >= 4 is 23.2 Å². The number of ether oxygens (including phenoxy) is 2. The lowest BCUT2D eigenvalue weighted by atomic mass is 10.2. The lowest BCUT2D eigenvalue weighted by molar-refractivity contribution is -0.139. The monoisotopic (exact) mass is 362 g/mol. The number of aromatic nitrogens is 1. The molecule has 0 bridgehead atoms. The number of esters is 1. The summed E-state index contributed by atoms with van der Waals surface area (Å²) in [5, 5.41) is 2.32. The first-order valence-electron chi connectivity index (χ1n) is 7.95. The van der Waals surface area contributed by atoms with Gasteiger partial charge in [0.15, 0.2) is 5.69 Å². The molecule has 25 heavy (non-hydrogen) atoms. The molecule has 0 unspecified atom stereocenters. The highest BCUT2D eigenvalue weighted by atomic mass is 32.1. The predicted octanol–water partition coefficient (Wildman–Crippen LogP) is 2.88. The second-order valence-corrected chi connectivity index (χ2v) is 6.65. The first-order chi connectivity index (χ1) is 12.0. The summed E-state index contributed by atoms with van der Waals surface area (Å²) in [7, 11) is 1.31. The number of methoxy groups -OCH3 is 1. The molecule has 0 saturated heterocycles. The van der Waals surface area contributed by atoms with Crippen LogP contribution in [0.2, 0.25) is 0 Å². The molecule has 2 aromatic rings. The van der Waals surface area contributed by atoms with Crippen molar-refractivity contribution in [2.45, 2.75) is 33.0 Å². The van der Waals surface area contributed by atoms with Crippen LogP contribution in [-0.4, -0.2) is 41.5 Å². The Morgan fingerprint density at radius 2 is 1.96 bits per heavy atom. The van der Waals surface area contributed by atoms with E-state index < -0.39 is 5.97 Å². The van der Waals surface area contributed by atoms with Gasteiger partial charge in [-0.3, -0.25) is 4.79 Å². The maximum Gasteiger partial charge on any atom is 0.357 e. The van der Waals surface area contributed by atoms with E-state index in [1.807, 2.05) is 44.2 Å². The highest BCUT2D eigenvalue weighted by Crippen LogP contribution is 2.15. The molecule has 0 saturated carbocycles.